The highest BCUT2D eigenvalue weighted by Crippen LogP contribution is 2.39. The average molecular weight is 465 g/mol. The highest BCUT2D eigenvalue weighted by Gasteiger charge is 2.36. The lowest BCUT2D eigenvalue weighted by Gasteiger charge is -2.30. The number of aliphatic hydroxyl groups excluding tert-OH is 1. The Labute approximate surface area is 191 Å². The Hall–Kier alpha value is -2.55. The Morgan fingerprint density at radius 2 is 1.97 bits per heavy atom. The number of carbonyl (C=O) groups is 1. The van der Waals surface area contributed by atoms with Crippen molar-refractivity contribution >= 4 is 11.6 Å². The van der Waals surface area contributed by atoms with Crippen LogP contribution in [0.4, 0.5) is 18.9 Å². The molecule has 9 heteroatoms. The number of hydrogen-bond acceptors (Lipinski definition) is 4. The van der Waals surface area contributed by atoms with E-state index in [-0.39, 0.29) is 23.3 Å². The fraction of sp³-hybridized carbons (Fsp3) is 0.583. The Bertz CT molecular complexity index is 1040. The number of nitrogens with one attached hydrogen (secondary N) is 1. The van der Waals surface area contributed by atoms with Crippen LogP contribution in [0.15, 0.2) is 18.2 Å². The zero-order valence-electron chi connectivity index (χ0n) is 19.0. The quantitative estimate of drug-likeness (QED) is 0.615. The molecular weight excluding hydrogens is 433 g/mol. The molecule has 1 aromatic heterocycles. The Kier molecular flexibility index (Phi) is 6.20. The molecule has 1 amide bonds. The smallest absolute Gasteiger partial charge is 0.393 e. The number of halogens is 3. The van der Waals surface area contributed by atoms with Gasteiger partial charge in [0.15, 0.2) is 0 Å². The number of aliphatic hydroxyl groups is 1. The third-order valence-corrected chi connectivity index (χ3v) is 6.81. The molecule has 180 valence electrons. The standard InChI is InChI=1S/C24H31F3N4O2/c1-23(2)10-9-17-20(12-24(25,26)27)30-31(21(17)13-23)15-5-8-18(22(28)33)19(11-15)29-14-3-6-16(32)7-4-14/h5,8,11,14,16,29,32H,3-4,6-7,9-10,12-13H2,1-2H3,(H2,28,33). The number of hydrogen-bond donors (Lipinski definition) is 3. The molecule has 4 rings (SSSR count). The van der Waals surface area contributed by atoms with Gasteiger partial charge in [-0.2, -0.15) is 18.3 Å². The summed E-state index contributed by atoms with van der Waals surface area (Å²) in [6.45, 7) is 4.22. The van der Waals surface area contributed by atoms with Crippen LogP contribution in [0.2, 0.25) is 0 Å². The summed E-state index contributed by atoms with van der Waals surface area (Å²) in [6, 6.07) is 5.11. The maximum absolute atomic E-state index is 13.2. The highest BCUT2D eigenvalue weighted by atomic mass is 19.4. The van der Waals surface area contributed by atoms with E-state index in [1.54, 1.807) is 22.9 Å². The van der Waals surface area contributed by atoms with Crippen LogP contribution in [0.1, 0.15) is 73.3 Å². The normalized spacial score (nSPS) is 22.6. The first kappa shape index (κ1) is 23.6. The van der Waals surface area contributed by atoms with Crippen molar-refractivity contribution in [2.24, 2.45) is 11.1 Å². The number of aromatic nitrogens is 2. The van der Waals surface area contributed by atoms with Gasteiger partial charge in [0.05, 0.1) is 29.5 Å². The molecule has 2 aromatic rings. The molecule has 0 spiro atoms. The van der Waals surface area contributed by atoms with Gasteiger partial charge >= 0.3 is 6.18 Å². The Morgan fingerprint density at radius 3 is 2.61 bits per heavy atom. The molecule has 0 radical (unpaired) electrons. The molecular formula is C24H31F3N4O2. The molecule has 1 fully saturated rings. The molecule has 2 aliphatic rings. The molecule has 1 aromatic carbocycles. The zero-order valence-corrected chi connectivity index (χ0v) is 19.0. The van der Waals surface area contributed by atoms with Gasteiger partial charge in [0, 0.05) is 17.4 Å². The summed E-state index contributed by atoms with van der Waals surface area (Å²) in [6.07, 6.45) is -0.872. The van der Waals surface area contributed by atoms with E-state index in [1.165, 1.54) is 0 Å². The summed E-state index contributed by atoms with van der Waals surface area (Å²) in [7, 11) is 0. The van der Waals surface area contributed by atoms with Gasteiger partial charge in [-0.15, -0.1) is 0 Å². The van der Waals surface area contributed by atoms with E-state index in [0.717, 1.165) is 25.0 Å². The SMILES string of the molecule is CC1(C)CCc2c(CC(F)(F)F)nn(-c3ccc(C(N)=O)c(NC4CCC(O)CC4)c3)c2C1. The summed E-state index contributed by atoms with van der Waals surface area (Å²) >= 11 is 0. The lowest BCUT2D eigenvalue weighted by molar-refractivity contribution is -0.128. The Balaban J connectivity index is 1.74. The van der Waals surface area contributed by atoms with Gasteiger partial charge < -0.3 is 16.2 Å². The van der Waals surface area contributed by atoms with Crippen molar-refractivity contribution in [2.45, 2.75) is 83.5 Å². The van der Waals surface area contributed by atoms with Crippen LogP contribution >= 0.6 is 0 Å². The second-order valence-corrected chi connectivity index (χ2v) is 10.2. The van der Waals surface area contributed by atoms with E-state index < -0.39 is 18.5 Å². The number of alkyl halides is 3. The van der Waals surface area contributed by atoms with Crippen LogP contribution in [-0.2, 0) is 19.3 Å². The van der Waals surface area contributed by atoms with Crippen LogP contribution in [0, 0.1) is 5.41 Å². The minimum absolute atomic E-state index is 0.0442. The maximum Gasteiger partial charge on any atom is 0.394 e. The number of rotatable bonds is 5. The van der Waals surface area contributed by atoms with Crippen LogP contribution in [0.25, 0.3) is 5.69 Å². The van der Waals surface area contributed by atoms with E-state index in [9.17, 15) is 23.1 Å². The molecule has 1 saturated carbocycles. The molecule has 33 heavy (non-hydrogen) atoms. The number of nitrogens with zero attached hydrogens (tertiary/aromatic N) is 2. The average Bonchev–Trinajstić information content (AvgIpc) is 3.04. The first-order valence-electron chi connectivity index (χ1n) is 11.5. The van der Waals surface area contributed by atoms with Crippen molar-refractivity contribution in [3.63, 3.8) is 0 Å². The monoisotopic (exact) mass is 464 g/mol. The number of carbonyl (C=O) groups excluding carboxylic acids is 1. The van der Waals surface area contributed by atoms with Crippen molar-refractivity contribution in [1.82, 2.24) is 9.78 Å². The fourth-order valence-corrected chi connectivity index (χ4v) is 4.99. The Morgan fingerprint density at radius 1 is 1.27 bits per heavy atom. The molecule has 0 unspecified atom stereocenters. The van der Waals surface area contributed by atoms with Crippen molar-refractivity contribution < 1.29 is 23.1 Å². The summed E-state index contributed by atoms with van der Waals surface area (Å²) < 4.78 is 41.3. The maximum atomic E-state index is 13.2. The van der Waals surface area contributed by atoms with Gasteiger partial charge in [-0.05, 0) is 74.1 Å². The van der Waals surface area contributed by atoms with E-state index in [4.69, 9.17) is 5.73 Å². The van der Waals surface area contributed by atoms with Gasteiger partial charge in [0.2, 0.25) is 0 Å². The number of amides is 1. The van der Waals surface area contributed by atoms with Crippen LogP contribution in [-0.4, -0.2) is 39.1 Å². The van der Waals surface area contributed by atoms with E-state index >= 15 is 0 Å². The molecule has 0 atom stereocenters. The predicted octanol–water partition coefficient (Wildman–Crippen LogP) is 4.31. The molecule has 0 bridgehead atoms. The topological polar surface area (TPSA) is 93.2 Å². The predicted molar refractivity (Wildman–Crippen MR) is 120 cm³/mol. The number of primary amides is 1. The third-order valence-electron chi connectivity index (χ3n) is 6.81. The van der Waals surface area contributed by atoms with Gasteiger partial charge in [-0.25, -0.2) is 4.68 Å². The number of nitrogens with two attached hydrogens (primary N) is 1. The van der Waals surface area contributed by atoms with Crippen LogP contribution in [0.3, 0.4) is 0 Å². The van der Waals surface area contributed by atoms with Gasteiger partial charge in [-0.1, -0.05) is 13.8 Å². The van der Waals surface area contributed by atoms with Crippen molar-refractivity contribution in [1.29, 1.82) is 0 Å². The van der Waals surface area contributed by atoms with E-state index in [0.29, 0.717) is 48.2 Å². The first-order valence-corrected chi connectivity index (χ1v) is 11.5. The van der Waals surface area contributed by atoms with E-state index in [2.05, 4.69) is 24.3 Å². The van der Waals surface area contributed by atoms with Gasteiger partial charge in [-0.3, -0.25) is 4.79 Å². The minimum atomic E-state index is -4.34. The second kappa shape index (κ2) is 8.66. The summed E-state index contributed by atoms with van der Waals surface area (Å²) in [5.41, 5.74) is 8.55. The molecule has 6 nitrogen and oxygen atoms in total. The largest absolute Gasteiger partial charge is 0.394 e. The molecule has 0 saturated heterocycles. The summed E-state index contributed by atoms with van der Waals surface area (Å²) in [5.74, 6) is -0.582. The lowest BCUT2D eigenvalue weighted by atomic mass is 9.76. The van der Waals surface area contributed by atoms with Gasteiger partial charge in [0.1, 0.15) is 0 Å². The van der Waals surface area contributed by atoms with Crippen LogP contribution in [0.5, 0.6) is 0 Å². The molecule has 1 heterocycles. The summed E-state index contributed by atoms with van der Waals surface area (Å²) in [4.78, 5) is 12.0. The highest BCUT2D eigenvalue weighted by molar-refractivity contribution is 5.99. The van der Waals surface area contributed by atoms with Crippen molar-refractivity contribution in [3.05, 3.63) is 40.7 Å². The number of anilines is 1. The summed E-state index contributed by atoms with van der Waals surface area (Å²) in [5, 5.41) is 17.5. The molecule has 0 aliphatic heterocycles. The minimum Gasteiger partial charge on any atom is -0.393 e. The van der Waals surface area contributed by atoms with Crippen molar-refractivity contribution in [2.75, 3.05) is 5.32 Å². The number of benzene rings is 1. The molecule has 2 aliphatic carbocycles. The first-order chi connectivity index (χ1) is 15.4. The molecule has 4 N–H and O–H groups in total. The van der Waals surface area contributed by atoms with Crippen LogP contribution < -0.4 is 11.1 Å². The number of fused-ring (bicyclic) bond motifs is 1. The fourth-order valence-electron chi connectivity index (χ4n) is 4.99. The zero-order chi connectivity index (χ0) is 24.0. The van der Waals surface area contributed by atoms with Crippen molar-refractivity contribution in [3.8, 4) is 5.69 Å². The third kappa shape index (κ3) is 5.34. The van der Waals surface area contributed by atoms with E-state index in [1.807, 2.05) is 0 Å². The lowest BCUT2D eigenvalue weighted by Crippen LogP contribution is -2.29. The second-order valence-electron chi connectivity index (χ2n) is 10.2. The van der Waals surface area contributed by atoms with Gasteiger partial charge in [0.25, 0.3) is 5.91 Å².